The van der Waals surface area contributed by atoms with Crippen molar-refractivity contribution in [2.45, 2.75) is 219 Å². The van der Waals surface area contributed by atoms with Crippen molar-refractivity contribution in [2.75, 3.05) is 19.8 Å². The molecule has 0 aromatic rings. The second kappa shape index (κ2) is 38.1. The molecule has 0 heterocycles. The van der Waals surface area contributed by atoms with E-state index in [9.17, 15) is 23.8 Å². The van der Waals surface area contributed by atoms with E-state index in [1.54, 1.807) is 0 Å². The molecule has 12 heteroatoms. The van der Waals surface area contributed by atoms with Crippen LogP contribution < -0.4 is 5.73 Å². The summed E-state index contributed by atoms with van der Waals surface area (Å²) in [6.07, 6.45) is 37.0. The van der Waals surface area contributed by atoms with Crippen LogP contribution in [-0.4, -0.2) is 59.9 Å². The number of aliphatic carboxylic acids is 1. The van der Waals surface area contributed by atoms with Gasteiger partial charge >= 0.3 is 25.7 Å². The van der Waals surface area contributed by atoms with Crippen molar-refractivity contribution in [3.05, 3.63) is 12.2 Å². The zero-order valence-corrected chi connectivity index (χ0v) is 35.2. The Morgan fingerprint density at radius 1 is 0.556 bits per heavy atom. The number of hydrogen-bond donors (Lipinski definition) is 3. The quantitative estimate of drug-likeness (QED) is 0.0233. The third kappa shape index (κ3) is 37.2. The minimum Gasteiger partial charge on any atom is -0.480 e. The molecule has 3 atom stereocenters. The molecule has 0 aliphatic heterocycles. The van der Waals surface area contributed by atoms with Crippen molar-refractivity contribution in [2.24, 2.45) is 5.73 Å². The summed E-state index contributed by atoms with van der Waals surface area (Å²) in [6, 6.07) is -1.52. The second-order valence-corrected chi connectivity index (χ2v) is 16.3. The minimum atomic E-state index is -4.71. The van der Waals surface area contributed by atoms with E-state index in [0.29, 0.717) is 12.8 Å². The fourth-order valence-electron chi connectivity index (χ4n) is 6.06. The molecule has 0 rings (SSSR count). The zero-order valence-electron chi connectivity index (χ0n) is 34.3. The Hall–Kier alpha value is -1.78. The molecule has 0 amide bonds. The molecular formula is C42H80NO10P. The van der Waals surface area contributed by atoms with Crippen LogP contribution in [0.3, 0.4) is 0 Å². The largest absolute Gasteiger partial charge is 0.480 e. The molecule has 0 radical (unpaired) electrons. The van der Waals surface area contributed by atoms with Crippen molar-refractivity contribution in [1.29, 1.82) is 0 Å². The number of ether oxygens (including phenoxy) is 2. The van der Waals surface area contributed by atoms with Crippen LogP contribution in [0.4, 0.5) is 0 Å². The van der Waals surface area contributed by atoms with Gasteiger partial charge in [-0.25, -0.2) is 4.57 Å². The summed E-state index contributed by atoms with van der Waals surface area (Å²) in [5, 5.41) is 8.88. The number of phosphoric acid groups is 1. The van der Waals surface area contributed by atoms with E-state index >= 15 is 0 Å². The lowest BCUT2D eigenvalue weighted by Gasteiger charge is -2.20. The Kier molecular flexibility index (Phi) is 36.9. The third-order valence-electron chi connectivity index (χ3n) is 9.51. The molecule has 0 aromatic heterocycles. The van der Waals surface area contributed by atoms with E-state index in [1.807, 2.05) is 0 Å². The van der Waals surface area contributed by atoms with E-state index in [4.69, 9.17) is 24.8 Å². The first-order valence-corrected chi connectivity index (χ1v) is 23.2. The van der Waals surface area contributed by atoms with Crippen LogP contribution in [0.1, 0.15) is 206 Å². The number of carboxylic acids is 1. The van der Waals surface area contributed by atoms with Gasteiger partial charge in [-0.3, -0.25) is 23.4 Å². The second-order valence-electron chi connectivity index (χ2n) is 14.8. The van der Waals surface area contributed by atoms with E-state index in [0.717, 1.165) is 44.9 Å². The lowest BCUT2D eigenvalue weighted by Crippen LogP contribution is -2.34. The molecule has 4 N–H and O–H groups in total. The van der Waals surface area contributed by atoms with Crippen LogP contribution in [0.25, 0.3) is 0 Å². The molecule has 0 fully saturated rings. The summed E-state index contributed by atoms with van der Waals surface area (Å²) in [5.41, 5.74) is 5.33. The SMILES string of the molecule is CCCCCC/C=C/CCCCCCCCCC(=O)OC[C@H](COP(=O)(O)OC[C@H](N)C(=O)O)OC(=O)CCCCCCCCCCCCCCCCC. The number of unbranched alkanes of at least 4 members (excludes halogenated alkanes) is 25. The molecule has 318 valence electrons. The maximum atomic E-state index is 12.6. The highest BCUT2D eigenvalue weighted by Crippen LogP contribution is 2.43. The molecule has 0 saturated carbocycles. The van der Waals surface area contributed by atoms with Crippen LogP contribution in [0.2, 0.25) is 0 Å². The van der Waals surface area contributed by atoms with Gasteiger partial charge in [-0.1, -0.05) is 167 Å². The number of carbonyl (C=O) groups excluding carboxylic acids is 2. The third-order valence-corrected chi connectivity index (χ3v) is 10.5. The van der Waals surface area contributed by atoms with Gasteiger partial charge in [-0.2, -0.15) is 0 Å². The molecule has 1 unspecified atom stereocenters. The molecule has 0 bridgehead atoms. The Labute approximate surface area is 328 Å². The number of esters is 2. The maximum absolute atomic E-state index is 12.6. The van der Waals surface area contributed by atoms with Gasteiger partial charge in [-0.15, -0.1) is 0 Å². The highest BCUT2D eigenvalue weighted by molar-refractivity contribution is 7.47. The first kappa shape index (κ1) is 52.2. The number of phosphoric ester groups is 1. The van der Waals surface area contributed by atoms with Gasteiger partial charge < -0.3 is 25.2 Å². The molecule has 0 aromatic carbocycles. The van der Waals surface area contributed by atoms with Crippen molar-refractivity contribution in [3.8, 4) is 0 Å². The van der Waals surface area contributed by atoms with Gasteiger partial charge in [-0.05, 0) is 38.5 Å². The summed E-state index contributed by atoms with van der Waals surface area (Å²) < 4.78 is 32.7. The Bertz CT molecular complexity index is 979. The first-order valence-electron chi connectivity index (χ1n) is 21.7. The maximum Gasteiger partial charge on any atom is 0.472 e. The van der Waals surface area contributed by atoms with E-state index < -0.39 is 51.1 Å². The fourth-order valence-corrected chi connectivity index (χ4v) is 6.84. The van der Waals surface area contributed by atoms with E-state index in [1.165, 1.54) is 122 Å². The molecule has 0 aliphatic carbocycles. The normalized spacial score (nSPS) is 13.9. The Morgan fingerprint density at radius 3 is 1.37 bits per heavy atom. The summed E-state index contributed by atoms with van der Waals surface area (Å²) in [4.78, 5) is 45.9. The average molecular weight is 790 g/mol. The summed E-state index contributed by atoms with van der Waals surface area (Å²) >= 11 is 0. The van der Waals surface area contributed by atoms with Crippen LogP contribution in [-0.2, 0) is 37.5 Å². The fraction of sp³-hybridized carbons (Fsp3) is 0.881. The standard InChI is InChI=1S/C42H80NO10P/c1-3-5-7-9-11-13-15-17-19-21-23-25-27-29-31-33-40(44)50-35-38(36-51-54(48,49)52-37-39(43)42(46)47)53-41(45)34-32-30-28-26-24-22-20-18-16-14-12-10-8-6-4-2/h13,15,38-39H,3-12,14,16-37,43H2,1-2H3,(H,46,47)(H,48,49)/b15-13+/t38-,39+/m1/s1. The molecule has 0 saturated heterocycles. The summed E-state index contributed by atoms with van der Waals surface area (Å²) in [7, 11) is -4.71. The summed E-state index contributed by atoms with van der Waals surface area (Å²) in [6.45, 7) is 2.80. The number of carboxylic acid groups (broad SMARTS) is 1. The van der Waals surface area contributed by atoms with Gasteiger partial charge in [0.1, 0.15) is 12.6 Å². The smallest absolute Gasteiger partial charge is 0.472 e. The van der Waals surface area contributed by atoms with Crippen LogP contribution in [0, 0.1) is 0 Å². The zero-order chi connectivity index (χ0) is 40.0. The predicted molar refractivity (Wildman–Crippen MR) is 217 cm³/mol. The van der Waals surface area contributed by atoms with Gasteiger partial charge in [0, 0.05) is 12.8 Å². The van der Waals surface area contributed by atoms with Crippen molar-refractivity contribution in [3.63, 3.8) is 0 Å². The molecule has 54 heavy (non-hydrogen) atoms. The van der Waals surface area contributed by atoms with Gasteiger partial charge in [0.2, 0.25) is 0 Å². The van der Waals surface area contributed by atoms with Gasteiger partial charge in [0.15, 0.2) is 6.10 Å². The predicted octanol–water partition coefficient (Wildman–Crippen LogP) is 11.3. The number of rotatable bonds is 41. The first-order chi connectivity index (χ1) is 26.1. The lowest BCUT2D eigenvalue weighted by molar-refractivity contribution is -0.161. The number of nitrogens with two attached hydrogens (primary N) is 1. The molecule has 0 aliphatic rings. The molecule has 0 spiro atoms. The van der Waals surface area contributed by atoms with Crippen LogP contribution in [0.15, 0.2) is 12.2 Å². The molecular weight excluding hydrogens is 709 g/mol. The van der Waals surface area contributed by atoms with Crippen LogP contribution in [0.5, 0.6) is 0 Å². The Balaban J connectivity index is 4.34. The van der Waals surface area contributed by atoms with Crippen LogP contribution >= 0.6 is 7.82 Å². The van der Waals surface area contributed by atoms with Gasteiger partial charge in [0.05, 0.1) is 13.2 Å². The number of allylic oxidation sites excluding steroid dienone is 2. The van der Waals surface area contributed by atoms with E-state index in [2.05, 4.69) is 30.5 Å². The van der Waals surface area contributed by atoms with E-state index in [-0.39, 0.29) is 19.4 Å². The number of hydrogen-bond acceptors (Lipinski definition) is 9. The van der Waals surface area contributed by atoms with Gasteiger partial charge in [0.25, 0.3) is 0 Å². The lowest BCUT2D eigenvalue weighted by atomic mass is 10.0. The number of carbonyl (C=O) groups is 3. The Morgan fingerprint density at radius 2 is 0.926 bits per heavy atom. The average Bonchev–Trinajstić information content (AvgIpc) is 3.14. The van der Waals surface area contributed by atoms with Crippen molar-refractivity contribution >= 4 is 25.7 Å². The molecule has 11 nitrogen and oxygen atoms in total. The minimum absolute atomic E-state index is 0.166. The topological polar surface area (TPSA) is 172 Å². The highest BCUT2D eigenvalue weighted by Gasteiger charge is 2.28. The highest BCUT2D eigenvalue weighted by atomic mass is 31.2. The van der Waals surface area contributed by atoms with Crippen molar-refractivity contribution in [1.82, 2.24) is 0 Å². The monoisotopic (exact) mass is 790 g/mol. The summed E-state index contributed by atoms with van der Waals surface area (Å²) in [5.74, 6) is -2.37. The van der Waals surface area contributed by atoms with Crippen molar-refractivity contribution < 1.29 is 47.5 Å².